The van der Waals surface area contributed by atoms with Crippen molar-refractivity contribution in [2.75, 3.05) is 0 Å². The maximum Gasteiger partial charge on any atom is 0.270 e. The molecule has 2 aromatic carbocycles. The Hall–Kier alpha value is -3.40. The third-order valence-corrected chi connectivity index (χ3v) is 4.11. The van der Waals surface area contributed by atoms with Gasteiger partial charge in [0.05, 0.1) is 10.4 Å². The zero-order chi connectivity index (χ0) is 16.5. The highest BCUT2D eigenvalue weighted by Gasteiger charge is 2.11. The van der Waals surface area contributed by atoms with Crippen LogP contribution in [0.4, 0.5) is 5.69 Å². The Kier molecular flexibility index (Phi) is 3.35. The van der Waals surface area contributed by atoms with Crippen LogP contribution in [0, 0.1) is 10.1 Å². The van der Waals surface area contributed by atoms with Gasteiger partial charge in [-0.05, 0) is 34.9 Å². The van der Waals surface area contributed by atoms with Gasteiger partial charge in [0, 0.05) is 30.1 Å². The van der Waals surface area contributed by atoms with Crippen molar-refractivity contribution in [1.29, 1.82) is 0 Å². The van der Waals surface area contributed by atoms with Crippen LogP contribution in [0.15, 0.2) is 85.2 Å². The molecule has 4 nitrogen and oxygen atoms in total. The van der Waals surface area contributed by atoms with Crippen LogP contribution in [-0.2, 0) is 0 Å². The van der Waals surface area contributed by atoms with Crippen LogP contribution in [0.2, 0.25) is 0 Å². The molecule has 4 aromatic rings. The number of nitro benzene ring substituents is 1. The van der Waals surface area contributed by atoms with Crippen molar-refractivity contribution in [3.05, 3.63) is 95.3 Å². The van der Waals surface area contributed by atoms with Gasteiger partial charge in [0.1, 0.15) is 0 Å². The Bertz CT molecular complexity index is 1040. The van der Waals surface area contributed by atoms with Gasteiger partial charge in [-0.3, -0.25) is 10.1 Å². The molecule has 0 saturated carbocycles. The van der Waals surface area contributed by atoms with E-state index in [1.807, 2.05) is 42.6 Å². The molecule has 4 rings (SSSR count). The van der Waals surface area contributed by atoms with E-state index in [0.29, 0.717) is 0 Å². The first-order valence-corrected chi connectivity index (χ1v) is 7.63. The lowest BCUT2D eigenvalue weighted by atomic mass is 10.00. The number of fused-ring (bicyclic) bond motifs is 1. The minimum Gasteiger partial charge on any atom is -0.323 e. The normalized spacial score (nSPS) is 10.8. The molecule has 0 aliphatic heterocycles. The van der Waals surface area contributed by atoms with Gasteiger partial charge in [0.2, 0.25) is 0 Å². The number of pyridine rings is 1. The highest BCUT2D eigenvalue weighted by atomic mass is 16.6. The lowest BCUT2D eigenvalue weighted by Crippen LogP contribution is -1.92. The molecule has 0 saturated heterocycles. The first kappa shape index (κ1) is 14.2. The highest BCUT2D eigenvalue weighted by Crippen LogP contribution is 2.32. The number of nitrogens with zero attached hydrogens (tertiary/aromatic N) is 2. The van der Waals surface area contributed by atoms with Crippen molar-refractivity contribution < 1.29 is 4.92 Å². The SMILES string of the molecule is O=[N+]([O-])c1cccc(-c2cc(-c3ccccc3)cn3cccc23)c1. The van der Waals surface area contributed by atoms with Gasteiger partial charge in [-0.1, -0.05) is 42.5 Å². The van der Waals surface area contributed by atoms with Crippen molar-refractivity contribution in [2.45, 2.75) is 0 Å². The lowest BCUT2D eigenvalue weighted by Gasteiger charge is -2.10. The number of nitro groups is 1. The average molecular weight is 314 g/mol. The van der Waals surface area contributed by atoms with Crippen LogP contribution >= 0.6 is 0 Å². The third kappa shape index (κ3) is 2.44. The van der Waals surface area contributed by atoms with Gasteiger partial charge >= 0.3 is 0 Å². The van der Waals surface area contributed by atoms with Gasteiger partial charge in [0.15, 0.2) is 0 Å². The summed E-state index contributed by atoms with van der Waals surface area (Å²) >= 11 is 0. The van der Waals surface area contributed by atoms with E-state index in [2.05, 4.69) is 28.8 Å². The Morgan fingerprint density at radius 2 is 1.58 bits per heavy atom. The molecular weight excluding hydrogens is 300 g/mol. The smallest absolute Gasteiger partial charge is 0.270 e. The maximum atomic E-state index is 11.1. The zero-order valence-corrected chi connectivity index (χ0v) is 12.8. The summed E-state index contributed by atoms with van der Waals surface area (Å²) in [5.41, 5.74) is 5.12. The largest absolute Gasteiger partial charge is 0.323 e. The summed E-state index contributed by atoms with van der Waals surface area (Å²) in [5, 5.41) is 11.1. The first-order chi connectivity index (χ1) is 11.7. The highest BCUT2D eigenvalue weighted by molar-refractivity contribution is 5.85. The fraction of sp³-hybridized carbons (Fsp3) is 0. The van der Waals surface area contributed by atoms with Gasteiger partial charge in [0.25, 0.3) is 5.69 Å². The fourth-order valence-electron chi connectivity index (χ4n) is 2.96. The van der Waals surface area contributed by atoms with Crippen molar-refractivity contribution in [3.8, 4) is 22.3 Å². The van der Waals surface area contributed by atoms with Crippen molar-refractivity contribution in [3.63, 3.8) is 0 Å². The molecule has 0 aliphatic rings. The topological polar surface area (TPSA) is 47.5 Å². The second kappa shape index (κ2) is 5.66. The summed E-state index contributed by atoms with van der Waals surface area (Å²) < 4.78 is 2.05. The minimum atomic E-state index is -0.361. The molecule has 0 N–H and O–H groups in total. The Morgan fingerprint density at radius 3 is 2.38 bits per heavy atom. The quantitative estimate of drug-likeness (QED) is 0.386. The zero-order valence-electron chi connectivity index (χ0n) is 12.8. The van der Waals surface area contributed by atoms with E-state index < -0.39 is 0 Å². The van der Waals surface area contributed by atoms with Crippen molar-refractivity contribution in [2.24, 2.45) is 0 Å². The van der Waals surface area contributed by atoms with Crippen LogP contribution in [0.5, 0.6) is 0 Å². The van der Waals surface area contributed by atoms with Gasteiger partial charge in [-0.2, -0.15) is 0 Å². The molecule has 0 atom stereocenters. The summed E-state index contributed by atoms with van der Waals surface area (Å²) in [7, 11) is 0. The molecule has 0 amide bonds. The van der Waals surface area contributed by atoms with E-state index in [1.165, 1.54) is 6.07 Å². The summed E-state index contributed by atoms with van der Waals surface area (Å²) in [4.78, 5) is 10.7. The molecule has 0 bridgehead atoms. The predicted octanol–water partition coefficient (Wildman–Crippen LogP) is 5.18. The molecule has 2 aromatic heterocycles. The minimum absolute atomic E-state index is 0.0994. The Balaban J connectivity index is 1.96. The number of aromatic nitrogens is 1. The standard InChI is InChI=1S/C20H14N2O2/c23-22(24)18-9-4-8-16(12-18)19-13-17(15-6-2-1-3-7-15)14-21-11-5-10-20(19)21/h1-14H. The molecule has 0 aliphatic carbocycles. The number of hydrogen-bond acceptors (Lipinski definition) is 2. The maximum absolute atomic E-state index is 11.1. The molecule has 0 fully saturated rings. The van der Waals surface area contributed by atoms with Crippen LogP contribution in [0.1, 0.15) is 0 Å². The summed E-state index contributed by atoms with van der Waals surface area (Å²) in [6.07, 6.45) is 4.06. The van der Waals surface area contributed by atoms with E-state index in [4.69, 9.17) is 0 Å². The number of rotatable bonds is 3. The summed E-state index contributed by atoms with van der Waals surface area (Å²) in [6.45, 7) is 0. The molecular formula is C20H14N2O2. The second-order valence-electron chi connectivity index (χ2n) is 5.62. The van der Waals surface area contributed by atoms with E-state index in [-0.39, 0.29) is 10.6 Å². The molecule has 24 heavy (non-hydrogen) atoms. The Morgan fingerprint density at radius 1 is 0.792 bits per heavy atom. The number of hydrogen-bond donors (Lipinski definition) is 0. The van der Waals surface area contributed by atoms with Crippen molar-refractivity contribution >= 4 is 11.2 Å². The summed E-state index contributed by atoms with van der Waals surface area (Å²) in [5.74, 6) is 0. The van der Waals surface area contributed by atoms with E-state index in [1.54, 1.807) is 12.1 Å². The fourth-order valence-corrected chi connectivity index (χ4v) is 2.96. The second-order valence-corrected chi connectivity index (χ2v) is 5.62. The monoisotopic (exact) mass is 314 g/mol. The summed E-state index contributed by atoms with van der Waals surface area (Å²) in [6, 6.07) is 23.0. The van der Waals surface area contributed by atoms with Crippen LogP contribution in [0.3, 0.4) is 0 Å². The van der Waals surface area contributed by atoms with Crippen molar-refractivity contribution in [1.82, 2.24) is 4.40 Å². The van der Waals surface area contributed by atoms with Gasteiger partial charge < -0.3 is 4.40 Å². The molecule has 0 spiro atoms. The van der Waals surface area contributed by atoms with Crippen LogP contribution < -0.4 is 0 Å². The van der Waals surface area contributed by atoms with E-state index >= 15 is 0 Å². The van der Waals surface area contributed by atoms with E-state index in [0.717, 1.165) is 27.8 Å². The molecule has 2 heterocycles. The van der Waals surface area contributed by atoms with Crippen LogP contribution in [-0.4, -0.2) is 9.32 Å². The van der Waals surface area contributed by atoms with Gasteiger partial charge in [-0.15, -0.1) is 0 Å². The Labute approximate surface area is 138 Å². The molecule has 0 unspecified atom stereocenters. The van der Waals surface area contributed by atoms with E-state index in [9.17, 15) is 10.1 Å². The molecule has 4 heteroatoms. The van der Waals surface area contributed by atoms with Crippen LogP contribution in [0.25, 0.3) is 27.8 Å². The lowest BCUT2D eigenvalue weighted by molar-refractivity contribution is -0.384. The number of non-ortho nitro benzene ring substituents is 1. The average Bonchev–Trinajstić information content (AvgIpc) is 3.10. The third-order valence-electron chi connectivity index (χ3n) is 4.11. The molecule has 0 radical (unpaired) electrons. The first-order valence-electron chi connectivity index (χ1n) is 7.63. The predicted molar refractivity (Wildman–Crippen MR) is 94.9 cm³/mol. The molecule has 116 valence electrons. The van der Waals surface area contributed by atoms with Gasteiger partial charge in [-0.25, -0.2) is 0 Å². The number of benzene rings is 2.